The van der Waals surface area contributed by atoms with Crippen LogP contribution in [0.3, 0.4) is 0 Å². The molecule has 0 amide bonds. The van der Waals surface area contributed by atoms with Crippen LogP contribution in [0.2, 0.25) is 10.0 Å². The zero-order valence-corrected chi connectivity index (χ0v) is 12.0. The number of halogens is 2. The predicted octanol–water partition coefficient (Wildman–Crippen LogP) is 4.37. The minimum absolute atomic E-state index is 0.573. The highest BCUT2D eigenvalue weighted by atomic mass is 35.5. The minimum atomic E-state index is 0.573. The number of hydrogen-bond donors (Lipinski definition) is 1. The molecule has 1 aliphatic rings. The first-order chi connectivity index (χ1) is 9.15. The van der Waals surface area contributed by atoms with Gasteiger partial charge in [-0.2, -0.15) is 0 Å². The van der Waals surface area contributed by atoms with Gasteiger partial charge in [0.15, 0.2) is 5.82 Å². The smallest absolute Gasteiger partial charge is 0.161 e. The molecule has 1 aliphatic carbocycles. The van der Waals surface area contributed by atoms with Crippen molar-refractivity contribution in [2.24, 2.45) is 0 Å². The van der Waals surface area contributed by atoms with Crippen LogP contribution < -0.4 is 5.32 Å². The molecule has 0 bridgehead atoms. The molecule has 0 spiro atoms. The summed E-state index contributed by atoms with van der Waals surface area (Å²) in [5, 5.41) is 4.26. The standard InChI is InChI=1S/C14H13Cl2N3/c1-17-13-7-12(8-2-3-8)18-14(19-13)9-4-10(15)6-11(16)5-9/h4-8H,2-3H2,1H3,(H,17,18,19). The van der Waals surface area contributed by atoms with E-state index in [-0.39, 0.29) is 0 Å². The summed E-state index contributed by atoms with van der Waals surface area (Å²) in [5.41, 5.74) is 1.93. The first kappa shape index (κ1) is 12.7. The molecule has 1 saturated carbocycles. The molecule has 0 radical (unpaired) electrons. The average Bonchev–Trinajstić information content (AvgIpc) is 3.21. The lowest BCUT2D eigenvalue weighted by molar-refractivity contribution is 0.995. The molecule has 0 unspecified atom stereocenters. The SMILES string of the molecule is CNc1cc(C2CC2)nc(-c2cc(Cl)cc(Cl)c2)n1. The maximum atomic E-state index is 6.03. The summed E-state index contributed by atoms with van der Waals surface area (Å²) in [4.78, 5) is 9.10. The quantitative estimate of drug-likeness (QED) is 0.913. The van der Waals surface area contributed by atoms with Crippen molar-refractivity contribution >= 4 is 29.0 Å². The molecule has 98 valence electrons. The van der Waals surface area contributed by atoms with Crippen LogP contribution in [0.15, 0.2) is 24.3 Å². The van der Waals surface area contributed by atoms with Crippen LogP contribution in [0.5, 0.6) is 0 Å². The van der Waals surface area contributed by atoms with E-state index in [4.69, 9.17) is 23.2 Å². The van der Waals surface area contributed by atoms with Gasteiger partial charge in [0.05, 0.1) is 0 Å². The lowest BCUT2D eigenvalue weighted by atomic mass is 10.2. The third kappa shape index (κ3) is 2.82. The third-order valence-corrected chi connectivity index (χ3v) is 3.55. The van der Waals surface area contributed by atoms with E-state index in [2.05, 4.69) is 15.3 Å². The molecule has 3 nitrogen and oxygen atoms in total. The topological polar surface area (TPSA) is 37.8 Å². The second-order valence-corrected chi connectivity index (χ2v) is 5.56. The van der Waals surface area contributed by atoms with Crippen LogP contribution in [-0.2, 0) is 0 Å². The lowest BCUT2D eigenvalue weighted by Crippen LogP contribution is -2.00. The van der Waals surface area contributed by atoms with E-state index in [1.165, 1.54) is 12.8 Å². The fourth-order valence-electron chi connectivity index (χ4n) is 1.99. The monoisotopic (exact) mass is 293 g/mol. The van der Waals surface area contributed by atoms with Crippen LogP contribution in [0.25, 0.3) is 11.4 Å². The van der Waals surface area contributed by atoms with Crippen LogP contribution in [0, 0.1) is 0 Å². The summed E-state index contributed by atoms with van der Waals surface area (Å²) in [6.45, 7) is 0. The molecule has 1 heterocycles. The predicted molar refractivity (Wildman–Crippen MR) is 79.0 cm³/mol. The average molecular weight is 294 g/mol. The van der Waals surface area contributed by atoms with Crippen molar-refractivity contribution in [3.8, 4) is 11.4 Å². The Morgan fingerprint density at radius 2 is 1.74 bits per heavy atom. The molecule has 2 aromatic rings. The highest BCUT2D eigenvalue weighted by Crippen LogP contribution is 2.40. The van der Waals surface area contributed by atoms with Gasteiger partial charge in [-0.05, 0) is 31.0 Å². The van der Waals surface area contributed by atoms with E-state index >= 15 is 0 Å². The van der Waals surface area contributed by atoms with E-state index < -0.39 is 0 Å². The van der Waals surface area contributed by atoms with Gasteiger partial charge in [-0.3, -0.25) is 0 Å². The Morgan fingerprint density at radius 1 is 1.05 bits per heavy atom. The van der Waals surface area contributed by atoms with Crippen molar-refractivity contribution in [1.29, 1.82) is 0 Å². The van der Waals surface area contributed by atoms with Crippen LogP contribution in [0.1, 0.15) is 24.5 Å². The first-order valence-electron chi connectivity index (χ1n) is 6.19. The summed E-state index contributed by atoms with van der Waals surface area (Å²) in [6.07, 6.45) is 2.41. The molecule has 19 heavy (non-hydrogen) atoms. The molecule has 1 N–H and O–H groups in total. The highest BCUT2D eigenvalue weighted by Gasteiger charge is 2.26. The van der Waals surface area contributed by atoms with Crippen molar-refractivity contribution in [2.45, 2.75) is 18.8 Å². The molecular formula is C14H13Cl2N3. The molecular weight excluding hydrogens is 281 g/mol. The van der Waals surface area contributed by atoms with Crippen molar-refractivity contribution < 1.29 is 0 Å². The molecule has 3 rings (SSSR count). The van der Waals surface area contributed by atoms with Crippen molar-refractivity contribution in [3.63, 3.8) is 0 Å². The second-order valence-electron chi connectivity index (χ2n) is 4.68. The van der Waals surface area contributed by atoms with Crippen molar-refractivity contribution in [3.05, 3.63) is 40.0 Å². The third-order valence-electron chi connectivity index (χ3n) is 3.12. The number of aromatic nitrogens is 2. The summed E-state index contributed by atoms with van der Waals surface area (Å²) in [7, 11) is 1.85. The fourth-order valence-corrected chi connectivity index (χ4v) is 2.52. The van der Waals surface area contributed by atoms with Crippen LogP contribution in [-0.4, -0.2) is 17.0 Å². The van der Waals surface area contributed by atoms with Gasteiger partial charge in [0, 0.05) is 40.3 Å². The summed E-state index contributed by atoms with van der Waals surface area (Å²) in [6, 6.07) is 7.38. The second kappa shape index (κ2) is 4.99. The van der Waals surface area contributed by atoms with Crippen LogP contribution in [0.4, 0.5) is 5.82 Å². The van der Waals surface area contributed by atoms with E-state index in [0.29, 0.717) is 21.8 Å². The minimum Gasteiger partial charge on any atom is -0.373 e. The summed E-state index contributed by atoms with van der Waals surface area (Å²) < 4.78 is 0. The Kier molecular flexibility index (Phi) is 3.33. The van der Waals surface area contributed by atoms with Crippen LogP contribution >= 0.6 is 23.2 Å². The number of hydrogen-bond acceptors (Lipinski definition) is 3. The van der Waals surface area contributed by atoms with Gasteiger partial charge in [0.1, 0.15) is 5.82 Å². The van der Waals surface area contributed by atoms with Crippen molar-refractivity contribution in [1.82, 2.24) is 9.97 Å². The Morgan fingerprint density at radius 3 is 2.32 bits per heavy atom. The van der Waals surface area contributed by atoms with Gasteiger partial charge in [-0.25, -0.2) is 9.97 Å². The number of nitrogens with one attached hydrogen (secondary N) is 1. The largest absolute Gasteiger partial charge is 0.373 e. The first-order valence-corrected chi connectivity index (χ1v) is 6.94. The van der Waals surface area contributed by atoms with Crippen molar-refractivity contribution in [2.75, 3.05) is 12.4 Å². The number of rotatable bonds is 3. The summed E-state index contributed by atoms with van der Waals surface area (Å²) in [5.74, 6) is 2.06. The van der Waals surface area contributed by atoms with Gasteiger partial charge >= 0.3 is 0 Å². The number of nitrogens with zero attached hydrogens (tertiary/aromatic N) is 2. The molecule has 5 heteroatoms. The Bertz CT molecular complexity index is 604. The molecule has 0 saturated heterocycles. The zero-order chi connectivity index (χ0) is 13.4. The van der Waals surface area contributed by atoms with E-state index in [0.717, 1.165) is 17.1 Å². The van der Waals surface area contributed by atoms with Gasteiger partial charge in [0.25, 0.3) is 0 Å². The highest BCUT2D eigenvalue weighted by molar-refractivity contribution is 6.35. The fraction of sp³-hybridized carbons (Fsp3) is 0.286. The summed E-state index contributed by atoms with van der Waals surface area (Å²) >= 11 is 12.1. The van der Waals surface area contributed by atoms with Gasteiger partial charge < -0.3 is 5.32 Å². The van der Waals surface area contributed by atoms with E-state index in [1.54, 1.807) is 6.07 Å². The van der Waals surface area contributed by atoms with Gasteiger partial charge in [0.2, 0.25) is 0 Å². The Labute approximate surface area is 122 Å². The van der Waals surface area contributed by atoms with E-state index in [1.807, 2.05) is 25.2 Å². The van der Waals surface area contributed by atoms with Gasteiger partial charge in [-0.15, -0.1) is 0 Å². The zero-order valence-electron chi connectivity index (χ0n) is 10.5. The maximum Gasteiger partial charge on any atom is 0.161 e. The van der Waals surface area contributed by atoms with E-state index in [9.17, 15) is 0 Å². The maximum absolute atomic E-state index is 6.03. The molecule has 1 aromatic heterocycles. The molecule has 1 fully saturated rings. The van der Waals surface area contributed by atoms with Gasteiger partial charge in [-0.1, -0.05) is 23.2 Å². The Hall–Kier alpha value is -1.32. The Balaban J connectivity index is 2.09. The molecule has 1 aromatic carbocycles. The molecule has 0 atom stereocenters. The lowest BCUT2D eigenvalue weighted by Gasteiger charge is -2.08. The molecule has 0 aliphatic heterocycles. The number of benzene rings is 1. The normalized spacial score (nSPS) is 14.5. The number of anilines is 1.